The van der Waals surface area contributed by atoms with Gasteiger partial charge in [0.25, 0.3) is 5.90 Å². The minimum absolute atomic E-state index is 0.0964. The number of rotatable bonds is 2. The van der Waals surface area contributed by atoms with E-state index >= 15 is 0 Å². The minimum atomic E-state index is 0.0964. The second kappa shape index (κ2) is 4.96. The van der Waals surface area contributed by atoms with E-state index in [1.807, 2.05) is 12.1 Å². The van der Waals surface area contributed by atoms with Crippen molar-refractivity contribution in [3.63, 3.8) is 0 Å². The van der Waals surface area contributed by atoms with Crippen molar-refractivity contribution < 1.29 is 9.57 Å². The van der Waals surface area contributed by atoms with Gasteiger partial charge in [-0.1, -0.05) is 32.5 Å². The molecule has 1 aliphatic rings. The Morgan fingerprint density at radius 2 is 2.12 bits per heavy atom. The summed E-state index contributed by atoms with van der Waals surface area (Å²) in [6, 6.07) is 3.83. The first-order chi connectivity index (χ1) is 8.06. The number of oxime groups is 1. The first-order valence-corrected chi connectivity index (χ1v) is 6.35. The summed E-state index contributed by atoms with van der Waals surface area (Å²) in [7, 11) is 0. The predicted octanol–water partition coefficient (Wildman–Crippen LogP) is 2.68. The fourth-order valence-corrected chi connectivity index (χ4v) is 2.32. The Kier molecular flexibility index (Phi) is 3.57. The molecule has 0 aromatic carbocycles. The van der Waals surface area contributed by atoms with Gasteiger partial charge in [-0.2, -0.15) is 0 Å². The van der Waals surface area contributed by atoms with Crippen molar-refractivity contribution in [1.82, 2.24) is 4.98 Å². The molecule has 5 heteroatoms. The number of aromatic nitrogens is 1. The molecule has 0 bridgehead atoms. The van der Waals surface area contributed by atoms with Gasteiger partial charge in [-0.05, 0) is 17.3 Å². The second-order valence-electron chi connectivity index (χ2n) is 4.65. The van der Waals surface area contributed by atoms with Crippen LogP contribution in [0.5, 0.6) is 0 Å². The van der Waals surface area contributed by atoms with E-state index in [-0.39, 0.29) is 4.75 Å². The standard InChI is InChI=1S/C12H16N2O2S/c1-12(2,3)17-11-9(5-4-6-13-11)10-14-16-8-7-15-10/h4-6H,7-8H2,1-3H3. The minimum Gasteiger partial charge on any atom is -0.471 e. The summed E-state index contributed by atoms with van der Waals surface area (Å²) in [5.41, 5.74) is 0.895. The van der Waals surface area contributed by atoms with Gasteiger partial charge >= 0.3 is 0 Å². The highest BCUT2D eigenvalue weighted by molar-refractivity contribution is 8.00. The molecule has 1 aliphatic heterocycles. The average molecular weight is 252 g/mol. The van der Waals surface area contributed by atoms with Crippen molar-refractivity contribution in [2.24, 2.45) is 5.16 Å². The lowest BCUT2D eigenvalue weighted by atomic mass is 10.2. The highest BCUT2D eigenvalue weighted by Crippen LogP contribution is 2.33. The van der Waals surface area contributed by atoms with Gasteiger partial charge in [0, 0.05) is 10.9 Å². The summed E-state index contributed by atoms with van der Waals surface area (Å²) in [5, 5.41) is 4.85. The number of thioether (sulfide) groups is 1. The van der Waals surface area contributed by atoms with Crippen molar-refractivity contribution in [1.29, 1.82) is 0 Å². The molecule has 4 nitrogen and oxygen atoms in total. The molecule has 0 aliphatic carbocycles. The zero-order valence-corrected chi connectivity index (χ0v) is 11.1. The van der Waals surface area contributed by atoms with Gasteiger partial charge in [-0.25, -0.2) is 4.98 Å². The van der Waals surface area contributed by atoms with E-state index in [1.165, 1.54) is 0 Å². The molecular weight excluding hydrogens is 236 g/mol. The van der Waals surface area contributed by atoms with Crippen LogP contribution in [0.2, 0.25) is 0 Å². The second-order valence-corrected chi connectivity index (χ2v) is 6.46. The van der Waals surface area contributed by atoms with Crippen LogP contribution in [0.25, 0.3) is 0 Å². The molecule has 0 atom stereocenters. The Bertz CT molecular complexity index is 427. The number of hydrogen-bond acceptors (Lipinski definition) is 5. The molecule has 2 heterocycles. The van der Waals surface area contributed by atoms with E-state index in [0.29, 0.717) is 19.1 Å². The first kappa shape index (κ1) is 12.2. The van der Waals surface area contributed by atoms with E-state index in [9.17, 15) is 0 Å². The topological polar surface area (TPSA) is 43.7 Å². The largest absolute Gasteiger partial charge is 0.471 e. The fourth-order valence-electron chi connectivity index (χ4n) is 1.36. The van der Waals surface area contributed by atoms with Crippen molar-refractivity contribution in [2.45, 2.75) is 30.5 Å². The molecule has 0 N–H and O–H groups in total. The van der Waals surface area contributed by atoms with Crippen molar-refractivity contribution in [3.05, 3.63) is 23.9 Å². The maximum Gasteiger partial charge on any atom is 0.260 e. The third-order valence-electron chi connectivity index (χ3n) is 1.97. The molecule has 1 aromatic heterocycles. The SMILES string of the molecule is CC(C)(C)Sc1ncccc1C1=NOCCO1. The predicted molar refractivity (Wildman–Crippen MR) is 68.3 cm³/mol. The molecule has 0 radical (unpaired) electrons. The molecule has 92 valence electrons. The van der Waals surface area contributed by atoms with E-state index < -0.39 is 0 Å². The van der Waals surface area contributed by atoms with Gasteiger partial charge in [0.1, 0.15) is 11.6 Å². The van der Waals surface area contributed by atoms with Crippen LogP contribution in [0.3, 0.4) is 0 Å². The maximum atomic E-state index is 5.49. The normalized spacial score (nSPS) is 15.8. The zero-order valence-electron chi connectivity index (χ0n) is 10.3. The molecule has 0 unspecified atom stereocenters. The van der Waals surface area contributed by atoms with E-state index in [1.54, 1.807) is 18.0 Å². The van der Waals surface area contributed by atoms with Crippen LogP contribution >= 0.6 is 11.8 Å². The molecule has 0 spiro atoms. The van der Waals surface area contributed by atoms with Gasteiger partial charge in [-0.3, -0.25) is 0 Å². The van der Waals surface area contributed by atoms with E-state index in [4.69, 9.17) is 9.57 Å². The maximum absolute atomic E-state index is 5.49. The van der Waals surface area contributed by atoms with Crippen LogP contribution in [-0.4, -0.2) is 28.8 Å². The Labute approximate surface area is 105 Å². The third kappa shape index (κ3) is 3.36. The molecule has 0 amide bonds. The van der Waals surface area contributed by atoms with Crippen LogP contribution in [0.1, 0.15) is 26.3 Å². The van der Waals surface area contributed by atoms with Crippen LogP contribution in [-0.2, 0) is 9.57 Å². The van der Waals surface area contributed by atoms with Crippen LogP contribution < -0.4 is 0 Å². The summed E-state index contributed by atoms with van der Waals surface area (Å²) >= 11 is 1.69. The quantitative estimate of drug-likeness (QED) is 0.759. The Balaban J connectivity index is 2.30. The lowest BCUT2D eigenvalue weighted by Gasteiger charge is -2.20. The van der Waals surface area contributed by atoms with Gasteiger partial charge in [0.2, 0.25) is 0 Å². The van der Waals surface area contributed by atoms with Gasteiger partial charge in [0.05, 0.1) is 5.56 Å². The number of pyridine rings is 1. The Morgan fingerprint density at radius 1 is 1.29 bits per heavy atom. The average Bonchev–Trinajstić information content (AvgIpc) is 2.29. The van der Waals surface area contributed by atoms with Crippen LogP contribution in [0.4, 0.5) is 0 Å². The van der Waals surface area contributed by atoms with E-state index in [0.717, 1.165) is 10.6 Å². The van der Waals surface area contributed by atoms with Gasteiger partial charge in [-0.15, -0.1) is 0 Å². The lowest BCUT2D eigenvalue weighted by Crippen LogP contribution is -2.19. The summed E-state index contributed by atoms with van der Waals surface area (Å²) in [6.07, 6.45) is 1.78. The molecular formula is C12H16N2O2S. The lowest BCUT2D eigenvalue weighted by molar-refractivity contribution is 0.0653. The summed E-state index contributed by atoms with van der Waals surface area (Å²) in [4.78, 5) is 9.43. The molecule has 1 aromatic rings. The summed E-state index contributed by atoms with van der Waals surface area (Å²) < 4.78 is 5.59. The highest BCUT2D eigenvalue weighted by atomic mass is 32.2. The zero-order chi connectivity index (χ0) is 12.3. The monoisotopic (exact) mass is 252 g/mol. The highest BCUT2D eigenvalue weighted by Gasteiger charge is 2.20. The van der Waals surface area contributed by atoms with Crippen LogP contribution in [0.15, 0.2) is 28.5 Å². The van der Waals surface area contributed by atoms with Crippen LogP contribution in [0, 0.1) is 0 Å². The molecule has 0 saturated carbocycles. The molecule has 0 saturated heterocycles. The summed E-state index contributed by atoms with van der Waals surface area (Å²) in [6.45, 7) is 7.49. The van der Waals surface area contributed by atoms with Gasteiger partial charge < -0.3 is 9.57 Å². The Hall–Kier alpha value is -1.23. The molecule has 0 fully saturated rings. The van der Waals surface area contributed by atoms with Crippen molar-refractivity contribution >= 4 is 17.7 Å². The van der Waals surface area contributed by atoms with Crippen molar-refractivity contribution in [2.75, 3.05) is 13.2 Å². The summed E-state index contributed by atoms with van der Waals surface area (Å²) in [5.74, 6) is 0.524. The number of nitrogens with zero attached hydrogens (tertiary/aromatic N) is 2. The van der Waals surface area contributed by atoms with Gasteiger partial charge in [0.15, 0.2) is 6.61 Å². The number of ether oxygens (including phenoxy) is 1. The molecule has 2 rings (SSSR count). The van der Waals surface area contributed by atoms with E-state index in [2.05, 4.69) is 30.9 Å². The first-order valence-electron chi connectivity index (χ1n) is 5.53. The van der Waals surface area contributed by atoms with Crippen molar-refractivity contribution in [3.8, 4) is 0 Å². The Morgan fingerprint density at radius 3 is 2.76 bits per heavy atom. The smallest absolute Gasteiger partial charge is 0.260 e. The number of hydrogen-bond donors (Lipinski definition) is 0. The third-order valence-corrected chi connectivity index (χ3v) is 3.10. The molecule has 17 heavy (non-hydrogen) atoms. The fraction of sp³-hybridized carbons (Fsp3) is 0.500.